The predicted octanol–water partition coefficient (Wildman–Crippen LogP) is 2.52. The van der Waals surface area contributed by atoms with E-state index < -0.39 is 10.0 Å². The van der Waals surface area contributed by atoms with Crippen molar-refractivity contribution in [2.75, 3.05) is 0 Å². The fraction of sp³-hybridized carbons (Fsp3) is 0.308. The minimum absolute atomic E-state index is 0.0940. The summed E-state index contributed by atoms with van der Waals surface area (Å²) >= 11 is 5.98. The first kappa shape index (κ1) is 15.0. The van der Waals surface area contributed by atoms with E-state index in [1.807, 2.05) is 13.0 Å². The Labute approximate surface area is 123 Å². The molecule has 1 aromatic heterocycles. The van der Waals surface area contributed by atoms with Crippen molar-refractivity contribution in [3.63, 3.8) is 0 Å². The minimum Gasteiger partial charge on any atom is -0.220 e. The molecule has 2 aromatic rings. The van der Waals surface area contributed by atoms with Gasteiger partial charge in [0.2, 0.25) is 0 Å². The van der Waals surface area contributed by atoms with Crippen LogP contribution in [0.4, 0.5) is 0 Å². The molecular weight excluding hydrogens is 298 g/mol. The van der Waals surface area contributed by atoms with E-state index in [0.717, 1.165) is 5.56 Å². The first-order valence-electron chi connectivity index (χ1n) is 6.14. The van der Waals surface area contributed by atoms with E-state index >= 15 is 0 Å². The Morgan fingerprint density at radius 1 is 1.30 bits per heavy atom. The standard InChI is InChI=1S/C13H16ClN3O2S/c1-9(2)16-20(18,19)13-6-7-15-17(13)12-8-11(14)5-4-10(12)3/h4-9,16H,1-3H3. The number of hydrogen-bond acceptors (Lipinski definition) is 3. The highest BCUT2D eigenvalue weighted by Gasteiger charge is 2.21. The normalized spacial score (nSPS) is 12.1. The molecule has 0 radical (unpaired) electrons. The van der Waals surface area contributed by atoms with Crippen molar-refractivity contribution < 1.29 is 8.42 Å². The van der Waals surface area contributed by atoms with Gasteiger partial charge < -0.3 is 0 Å². The SMILES string of the molecule is Cc1ccc(Cl)cc1-n1nccc1S(=O)(=O)NC(C)C. The number of aryl methyl sites for hydroxylation is 1. The zero-order chi connectivity index (χ0) is 14.9. The third-order valence-electron chi connectivity index (χ3n) is 2.67. The molecule has 0 saturated heterocycles. The second kappa shape index (κ2) is 5.55. The van der Waals surface area contributed by atoms with Gasteiger partial charge in [0.25, 0.3) is 10.0 Å². The zero-order valence-electron chi connectivity index (χ0n) is 11.5. The number of hydrogen-bond donors (Lipinski definition) is 1. The number of sulfonamides is 1. The molecule has 1 aromatic carbocycles. The molecule has 0 aliphatic heterocycles. The van der Waals surface area contributed by atoms with Crippen LogP contribution >= 0.6 is 11.6 Å². The second-order valence-corrected chi connectivity index (χ2v) is 6.89. The van der Waals surface area contributed by atoms with E-state index in [0.29, 0.717) is 10.7 Å². The smallest absolute Gasteiger partial charge is 0.220 e. The number of nitrogens with one attached hydrogen (secondary N) is 1. The van der Waals surface area contributed by atoms with Gasteiger partial charge in [0.15, 0.2) is 5.03 Å². The Hall–Kier alpha value is -1.37. The molecule has 2 rings (SSSR count). The summed E-state index contributed by atoms with van der Waals surface area (Å²) in [7, 11) is -3.62. The van der Waals surface area contributed by atoms with Crippen LogP contribution in [0.1, 0.15) is 19.4 Å². The van der Waals surface area contributed by atoms with Crippen molar-refractivity contribution in [3.8, 4) is 5.69 Å². The number of nitrogens with zero attached hydrogens (tertiary/aromatic N) is 2. The molecule has 7 heteroatoms. The molecule has 0 aliphatic carbocycles. The Balaban J connectivity index is 2.56. The fourth-order valence-corrected chi connectivity index (χ4v) is 3.38. The predicted molar refractivity (Wildman–Crippen MR) is 78.8 cm³/mol. The second-order valence-electron chi connectivity index (χ2n) is 4.79. The van der Waals surface area contributed by atoms with E-state index in [1.165, 1.54) is 16.9 Å². The highest BCUT2D eigenvalue weighted by atomic mass is 35.5. The van der Waals surface area contributed by atoms with Crippen molar-refractivity contribution in [3.05, 3.63) is 41.0 Å². The van der Waals surface area contributed by atoms with Crippen molar-refractivity contribution >= 4 is 21.6 Å². The molecule has 5 nitrogen and oxygen atoms in total. The summed E-state index contributed by atoms with van der Waals surface area (Å²) in [4.78, 5) is 0. The number of rotatable bonds is 4. The average Bonchev–Trinajstić information content (AvgIpc) is 2.80. The lowest BCUT2D eigenvalue weighted by molar-refractivity contribution is 0.560. The number of aromatic nitrogens is 2. The van der Waals surface area contributed by atoms with Crippen molar-refractivity contribution in [1.82, 2.24) is 14.5 Å². The van der Waals surface area contributed by atoms with Crippen LogP contribution in [0.5, 0.6) is 0 Å². The quantitative estimate of drug-likeness (QED) is 0.943. The molecule has 0 fully saturated rings. The topological polar surface area (TPSA) is 64.0 Å². The molecular formula is C13H16ClN3O2S. The van der Waals surface area contributed by atoms with Gasteiger partial charge in [-0.3, -0.25) is 0 Å². The molecule has 0 bridgehead atoms. The van der Waals surface area contributed by atoms with Crippen LogP contribution in [0, 0.1) is 6.92 Å². The van der Waals surface area contributed by atoms with E-state index in [1.54, 1.807) is 26.0 Å². The highest BCUT2D eigenvalue weighted by molar-refractivity contribution is 7.89. The fourth-order valence-electron chi connectivity index (χ4n) is 1.86. The van der Waals surface area contributed by atoms with Crippen LogP contribution in [-0.2, 0) is 10.0 Å². The maximum absolute atomic E-state index is 12.3. The lowest BCUT2D eigenvalue weighted by Gasteiger charge is -2.13. The molecule has 0 aliphatic rings. The Bertz CT molecular complexity index is 723. The monoisotopic (exact) mass is 313 g/mol. The van der Waals surface area contributed by atoms with Crippen molar-refractivity contribution in [2.45, 2.75) is 31.8 Å². The van der Waals surface area contributed by atoms with Crippen molar-refractivity contribution in [1.29, 1.82) is 0 Å². The van der Waals surface area contributed by atoms with Gasteiger partial charge in [0.1, 0.15) is 0 Å². The lowest BCUT2D eigenvalue weighted by Crippen LogP contribution is -2.31. The van der Waals surface area contributed by atoms with Gasteiger partial charge in [-0.1, -0.05) is 17.7 Å². The molecule has 0 amide bonds. The molecule has 0 spiro atoms. The largest absolute Gasteiger partial charge is 0.258 e. The van der Waals surface area contributed by atoms with Gasteiger partial charge in [0.05, 0.1) is 11.9 Å². The summed E-state index contributed by atoms with van der Waals surface area (Å²) in [6, 6.07) is 6.54. The van der Waals surface area contributed by atoms with E-state index in [2.05, 4.69) is 9.82 Å². The van der Waals surface area contributed by atoms with Gasteiger partial charge >= 0.3 is 0 Å². The summed E-state index contributed by atoms with van der Waals surface area (Å²) in [6.07, 6.45) is 1.45. The molecule has 1 N–H and O–H groups in total. The molecule has 1 heterocycles. The third kappa shape index (κ3) is 3.03. The number of benzene rings is 1. The summed E-state index contributed by atoms with van der Waals surface area (Å²) in [5, 5.41) is 4.72. The zero-order valence-corrected chi connectivity index (χ0v) is 13.0. The Morgan fingerprint density at radius 2 is 2.00 bits per heavy atom. The first-order chi connectivity index (χ1) is 9.31. The summed E-state index contributed by atoms with van der Waals surface area (Å²) in [5.41, 5.74) is 1.53. The van der Waals surface area contributed by atoms with Crippen LogP contribution < -0.4 is 4.72 Å². The van der Waals surface area contributed by atoms with Gasteiger partial charge in [-0.25, -0.2) is 17.8 Å². The maximum atomic E-state index is 12.3. The van der Waals surface area contributed by atoms with Crippen LogP contribution in [0.25, 0.3) is 5.69 Å². The molecule has 0 unspecified atom stereocenters. The van der Waals surface area contributed by atoms with Gasteiger partial charge in [-0.15, -0.1) is 0 Å². The van der Waals surface area contributed by atoms with Crippen LogP contribution in [-0.4, -0.2) is 24.2 Å². The van der Waals surface area contributed by atoms with Crippen molar-refractivity contribution in [2.24, 2.45) is 0 Å². The summed E-state index contributed by atoms with van der Waals surface area (Å²) in [5.74, 6) is 0. The van der Waals surface area contributed by atoms with Crippen LogP contribution in [0.2, 0.25) is 5.02 Å². The molecule has 0 atom stereocenters. The lowest BCUT2D eigenvalue weighted by atomic mass is 10.2. The Morgan fingerprint density at radius 3 is 2.65 bits per heavy atom. The Kier molecular flexibility index (Phi) is 4.17. The van der Waals surface area contributed by atoms with E-state index in [9.17, 15) is 8.42 Å². The van der Waals surface area contributed by atoms with Crippen LogP contribution in [0.15, 0.2) is 35.5 Å². The average molecular weight is 314 g/mol. The van der Waals surface area contributed by atoms with Crippen LogP contribution in [0.3, 0.4) is 0 Å². The van der Waals surface area contributed by atoms with Gasteiger partial charge in [-0.2, -0.15) is 5.10 Å². The van der Waals surface area contributed by atoms with Gasteiger partial charge in [0, 0.05) is 11.1 Å². The third-order valence-corrected chi connectivity index (χ3v) is 4.55. The minimum atomic E-state index is -3.62. The molecule has 108 valence electrons. The maximum Gasteiger partial charge on any atom is 0.258 e. The van der Waals surface area contributed by atoms with E-state index in [-0.39, 0.29) is 11.1 Å². The molecule has 20 heavy (non-hydrogen) atoms. The molecule has 0 saturated carbocycles. The summed E-state index contributed by atoms with van der Waals surface area (Å²) in [6.45, 7) is 5.41. The number of halogens is 1. The van der Waals surface area contributed by atoms with E-state index in [4.69, 9.17) is 11.6 Å². The first-order valence-corrected chi connectivity index (χ1v) is 8.00. The van der Waals surface area contributed by atoms with Gasteiger partial charge in [-0.05, 0) is 44.5 Å². The highest BCUT2D eigenvalue weighted by Crippen LogP contribution is 2.22. The summed E-state index contributed by atoms with van der Waals surface area (Å²) < 4.78 is 28.5.